The van der Waals surface area contributed by atoms with Crippen molar-refractivity contribution in [2.75, 3.05) is 18.6 Å². The van der Waals surface area contributed by atoms with Gasteiger partial charge in [-0.2, -0.15) is 4.31 Å². The van der Waals surface area contributed by atoms with Gasteiger partial charge in [-0.25, -0.2) is 35.2 Å². The number of carbonyl (C=O) groups excluding carboxylic acids is 1. The van der Waals surface area contributed by atoms with Gasteiger partial charge in [-0.05, 0) is 54.2 Å². The fourth-order valence-corrected chi connectivity index (χ4v) is 6.66. The quantitative estimate of drug-likeness (QED) is 0.176. The molecule has 1 aliphatic carbocycles. The van der Waals surface area contributed by atoms with Crippen molar-refractivity contribution in [3.05, 3.63) is 94.3 Å². The fraction of sp³-hybridized carbons (Fsp3) is 0.333. The number of nitrogens with zero attached hydrogens (tertiary/aromatic N) is 2. The molecule has 0 unspecified atom stereocenters. The number of hydrogen-bond acceptors (Lipinski definition) is 5. The second-order valence-electron chi connectivity index (χ2n) is 10.5. The van der Waals surface area contributed by atoms with Crippen molar-refractivity contribution in [1.82, 2.24) is 4.31 Å². The van der Waals surface area contributed by atoms with Crippen LogP contribution in [0.5, 0.6) is 0 Å². The first kappa shape index (κ1) is 33.0. The third-order valence-corrected chi connectivity index (χ3v) is 9.68. The summed E-state index contributed by atoms with van der Waals surface area (Å²) in [6.45, 7) is -1.45. The number of hydrogen-bond donors (Lipinski definition) is 2. The number of halogens is 5. The molecule has 0 heterocycles. The van der Waals surface area contributed by atoms with E-state index in [0.717, 1.165) is 36.1 Å². The predicted molar refractivity (Wildman–Crippen MR) is 149 cm³/mol. The third kappa shape index (κ3) is 6.47. The van der Waals surface area contributed by atoms with Gasteiger partial charge in [0.1, 0.15) is 6.04 Å². The number of aliphatic hydroxyl groups excluding tert-OH is 1. The number of rotatable bonds is 10. The van der Waals surface area contributed by atoms with E-state index in [9.17, 15) is 50.2 Å². The van der Waals surface area contributed by atoms with Gasteiger partial charge in [-0.1, -0.05) is 43.5 Å². The number of sulfonamides is 1. The van der Waals surface area contributed by atoms with Gasteiger partial charge in [-0.3, -0.25) is 4.79 Å². The second kappa shape index (κ2) is 13.4. The summed E-state index contributed by atoms with van der Waals surface area (Å²) in [6.07, 6.45) is 5.49. The number of aromatic carboxylic acids is 1. The van der Waals surface area contributed by atoms with Gasteiger partial charge in [-0.15, -0.1) is 0 Å². The molecule has 0 bridgehead atoms. The molecule has 14 heteroatoms. The molecule has 0 aliphatic heterocycles. The van der Waals surface area contributed by atoms with Crippen LogP contribution in [0.4, 0.5) is 27.6 Å². The maximum absolute atomic E-state index is 14.5. The lowest BCUT2D eigenvalue weighted by molar-refractivity contribution is -0.123. The van der Waals surface area contributed by atoms with Crippen molar-refractivity contribution in [1.29, 1.82) is 0 Å². The van der Waals surface area contributed by atoms with Gasteiger partial charge >= 0.3 is 5.97 Å². The van der Waals surface area contributed by atoms with Gasteiger partial charge in [0.25, 0.3) is 0 Å². The highest BCUT2D eigenvalue weighted by Gasteiger charge is 2.41. The summed E-state index contributed by atoms with van der Waals surface area (Å²) in [5, 5.41) is 19.4. The summed E-state index contributed by atoms with van der Waals surface area (Å²) < 4.78 is 96.6. The minimum atomic E-state index is -5.59. The smallest absolute Gasteiger partial charge is 0.335 e. The lowest BCUT2D eigenvalue weighted by Crippen LogP contribution is -2.51. The topological polar surface area (TPSA) is 115 Å². The third-order valence-electron chi connectivity index (χ3n) is 7.79. The molecule has 236 valence electrons. The molecule has 1 amide bonds. The Hall–Kier alpha value is -3.88. The van der Waals surface area contributed by atoms with Gasteiger partial charge in [0.15, 0.2) is 28.2 Å². The van der Waals surface area contributed by atoms with Crippen LogP contribution < -0.4 is 4.90 Å². The number of carbonyl (C=O) groups is 2. The van der Waals surface area contributed by atoms with E-state index in [-0.39, 0.29) is 22.1 Å². The normalized spacial score (nSPS) is 14.9. The Balaban J connectivity index is 1.71. The number of aliphatic hydroxyl groups is 1. The molecule has 3 aromatic carbocycles. The molecule has 8 nitrogen and oxygen atoms in total. The summed E-state index contributed by atoms with van der Waals surface area (Å²) >= 11 is 0. The Bertz CT molecular complexity index is 1620. The molecule has 1 fully saturated rings. The van der Waals surface area contributed by atoms with Crippen LogP contribution in [0.3, 0.4) is 0 Å². The first-order valence-electron chi connectivity index (χ1n) is 13.6. The van der Waals surface area contributed by atoms with E-state index in [1.54, 1.807) is 12.1 Å². The number of likely N-dealkylation sites (N-methyl/N-ethyl adjacent to an activating group) is 1. The molecule has 3 aromatic rings. The molecule has 4 rings (SSSR count). The molecule has 1 atom stereocenters. The van der Waals surface area contributed by atoms with Crippen LogP contribution in [0, 0.1) is 29.1 Å². The minimum absolute atomic E-state index is 0.0262. The summed E-state index contributed by atoms with van der Waals surface area (Å²) in [6, 6.07) is 10.2. The highest BCUT2D eigenvalue weighted by molar-refractivity contribution is 7.89. The zero-order valence-corrected chi connectivity index (χ0v) is 24.3. The molecule has 1 aliphatic rings. The van der Waals surface area contributed by atoms with E-state index in [2.05, 4.69) is 0 Å². The Morgan fingerprint density at radius 1 is 0.841 bits per heavy atom. The number of benzene rings is 3. The highest BCUT2D eigenvalue weighted by atomic mass is 32.2. The largest absolute Gasteiger partial charge is 0.478 e. The molecule has 0 spiro atoms. The Morgan fingerprint density at radius 3 is 1.86 bits per heavy atom. The van der Waals surface area contributed by atoms with Crippen LogP contribution in [0.25, 0.3) is 0 Å². The van der Waals surface area contributed by atoms with Crippen LogP contribution in [0.1, 0.15) is 59.5 Å². The van der Waals surface area contributed by atoms with Crippen molar-refractivity contribution in [3.8, 4) is 0 Å². The van der Waals surface area contributed by atoms with Crippen LogP contribution in [0.15, 0.2) is 53.4 Å². The van der Waals surface area contributed by atoms with Crippen LogP contribution in [0.2, 0.25) is 0 Å². The van der Waals surface area contributed by atoms with Crippen LogP contribution in [-0.2, 0) is 21.4 Å². The highest BCUT2D eigenvalue weighted by Crippen LogP contribution is 2.33. The van der Waals surface area contributed by atoms with E-state index in [1.165, 1.54) is 30.7 Å². The number of anilines is 1. The minimum Gasteiger partial charge on any atom is -0.478 e. The standard InChI is InChI=1S/C30H29F5N2O6S/c1-36(44(42,43)28-26(34)24(32)23(31)25(33)27(28)35)22(16-38)29(39)37(21-13-11-20(12-14-21)30(40)41)15-17-7-9-19(10-8-17)18-5-3-2-4-6-18/h7-14,18,22,38H,2-6,15-16H2,1H3,(H,40,41)/t22-/m1/s1. The van der Waals surface area contributed by atoms with E-state index in [1.807, 2.05) is 12.1 Å². The molecule has 0 aromatic heterocycles. The molecule has 44 heavy (non-hydrogen) atoms. The van der Waals surface area contributed by atoms with Crippen LogP contribution in [-0.4, -0.2) is 54.5 Å². The lowest BCUT2D eigenvalue weighted by atomic mass is 9.84. The zero-order chi connectivity index (χ0) is 32.3. The van der Waals surface area contributed by atoms with E-state index in [4.69, 9.17) is 0 Å². The second-order valence-corrected chi connectivity index (χ2v) is 12.4. The maximum atomic E-state index is 14.5. The van der Waals surface area contributed by atoms with E-state index >= 15 is 0 Å². The van der Waals surface area contributed by atoms with Crippen molar-refractivity contribution < 1.29 is 50.2 Å². The Morgan fingerprint density at radius 2 is 1.36 bits per heavy atom. The lowest BCUT2D eigenvalue weighted by Gasteiger charge is -2.31. The molecule has 0 saturated heterocycles. The Labute approximate surface area is 250 Å². The van der Waals surface area contributed by atoms with Crippen molar-refractivity contribution in [2.45, 2.75) is 55.5 Å². The summed E-state index contributed by atoms with van der Waals surface area (Å²) in [4.78, 5) is 24.0. The number of carboxylic acid groups (broad SMARTS) is 1. The maximum Gasteiger partial charge on any atom is 0.335 e. The summed E-state index contributed by atoms with van der Waals surface area (Å²) in [7, 11) is -4.94. The monoisotopic (exact) mass is 640 g/mol. The van der Waals surface area contributed by atoms with Crippen molar-refractivity contribution in [2.24, 2.45) is 0 Å². The molecule has 2 N–H and O–H groups in total. The SMILES string of the molecule is CN([C@H](CO)C(=O)N(Cc1ccc(C2CCCCC2)cc1)c1ccc(C(=O)O)cc1)S(=O)(=O)c1c(F)c(F)c(F)c(F)c1F. The summed E-state index contributed by atoms with van der Waals surface area (Å²) in [5.41, 5.74) is 1.64. The average Bonchev–Trinajstić information content (AvgIpc) is 3.02. The first-order valence-corrected chi connectivity index (χ1v) is 15.1. The molecule has 0 radical (unpaired) electrons. The zero-order valence-electron chi connectivity index (χ0n) is 23.4. The van der Waals surface area contributed by atoms with E-state index < -0.39 is 68.5 Å². The number of amides is 1. The van der Waals surface area contributed by atoms with Crippen molar-refractivity contribution >= 4 is 27.6 Å². The van der Waals surface area contributed by atoms with Gasteiger partial charge < -0.3 is 15.1 Å². The van der Waals surface area contributed by atoms with Crippen LogP contribution >= 0.6 is 0 Å². The first-order chi connectivity index (χ1) is 20.8. The molecular formula is C30H29F5N2O6S. The average molecular weight is 641 g/mol. The van der Waals surface area contributed by atoms with Crippen molar-refractivity contribution in [3.63, 3.8) is 0 Å². The van der Waals surface area contributed by atoms with E-state index in [0.29, 0.717) is 18.5 Å². The predicted octanol–water partition coefficient (Wildman–Crippen LogP) is 5.34. The van der Waals surface area contributed by atoms with Gasteiger partial charge in [0, 0.05) is 12.7 Å². The van der Waals surface area contributed by atoms with Gasteiger partial charge in [0.2, 0.25) is 21.7 Å². The molecule has 1 saturated carbocycles. The van der Waals surface area contributed by atoms with Gasteiger partial charge in [0.05, 0.1) is 18.7 Å². The Kier molecular flexibility index (Phi) is 10.1. The summed E-state index contributed by atoms with van der Waals surface area (Å²) in [5.74, 6) is -14.8. The number of carboxylic acids is 1. The molecular weight excluding hydrogens is 611 g/mol. The fourth-order valence-electron chi connectivity index (χ4n) is 5.25.